The lowest BCUT2D eigenvalue weighted by molar-refractivity contribution is -0.132. The van der Waals surface area contributed by atoms with Crippen LogP contribution in [0.15, 0.2) is 12.1 Å². The molecule has 0 saturated carbocycles. The Morgan fingerprint density at radius 3 is 2.92 bits per heavy atom. The van der Waals surface area contributed by atoms with Crippen molar-refractivity contribution in [2.45, 2.75) is 57.4 Å². The van der Waals surface area contributed by atoms with E-state index in [-0.39, 0.29) is 11.9 Å². The molecule has 0 spiro atoms. The maximum absolute atomic E-state index is 12.8. The third kappa shape index (κ3) is 3.28. The average molecular weight is 372 g/mol. The number of carbonyl (C=O) groups is 2. The maximum atomic E-state index is 12.8. The van der Waals surface area contributed by atoms with Crippen molar-refractivity contribution in [3.05, 3.63) is 38.8 Å². The van der Waals surface area contributed by atoms with E-state index in [9.17, 15) is 9.59 Å². The van der Waals surface area contributed by atoms with Crippen LogP contribution in [0.3, 0.4) is 0 Å². The average Bonchev–Trinajstić information content (AvgIpc) is 3.37. The lowest BCUT2D eigenvalue weighted by Crippen LogP contribution is -2.30. The van der Waals surface area contributed by atoms with Gasteiger partial charge < -0.3 is 10.6 Å². The fourth-order valence-electron chi connectivity index (χ4n) is 4.15. The normalized spacial score (nSPS) is 19.5. The molecule has 1 fully saturated rings. The molecule has 4 rings (SSSR count). The first-order valence-electron chi connectivity index (χ1n) is 9.37. The van der Waals surface area contributed by atoms with Gasteiger partial charge in [0, 0.05) is 30.0 Å². The maximum Gasteiger partial charge on any atom is 0.258 e. The third-order valence-electron chi connectivity index (χ3n) is 5.49. The highest BCUT2D eigenvalue weighted by molar-refractivity contribution is 7.14. The van der Waals surface area contributed by atoms with Crippen LogP contribution in [0.25, 0.3) is 0 Å². The third-order valence-corrected chi connectivity index (χ3v) is 6.69. The molecule has 1 atom stereocenters. The zero-order chi connectivity index (χ0) is 18.1. The number of hydrogen-bond donors (Lipinski definition) is 2. The van der Waals surface area contributed by atoms with Gasteiger partial charge in [0.25, 0.3) is 5.91 Å². The molecule has 0 bridgehead atoms. The van der Waals surface area contributed by atoms with Gasteiger partial charge >= 0.3 is 0 Å². The quantitative estimate of drug-likeness (QED) is 0.845. The van der Waals surface area contributed by atoms with Gasteiger partial charge in [-0.05, 0) is 56.2 Å². The van der Waals surface area contributed by atoms with E-state index >= 15 is 0 Å². The molecule has 6 nitrogen and oxygen atoms in total. The number of aromatic nitrogens is 2. The highest BCUT2D eigenvalue weighted by Crippen LogP contribution is 2.36. The van der Waals surface area contributed by atoms with Crippen molar-refractivity contribution in [2.75, 3.05) is 6.54 Å². The first kappa shape index (κ1) is 17.3. The molecule has 2 amide bonds. The van der Waals surface area contributed by atoms with Crippen molar-refractivity contribution in [2.24, 2.45) is 5.73 Å². The number of carbonyl (C=O) groups excluding carboxylic acids is 2. The molecule has 0 radical (unpaired) electrons. The van der Waals surface area contributed by atoms with E-state index in [2.05, 4.69) is 10.2 Å². The molecular formula is C19H24N4O2S. The predicted molar refractivity (Wildman–Crippen MR) is 100 cm³/mol. The summed E-state index contributed by atoms with van der Waals surface area (Å²) in [5.41, 5.74) is 9.02. The Labute approximate surface area is 156 Å². The summed E-state index contributed by atoms with van der Waals surface area (Å²) >= 11 is 1.41. The number of nitrogens with one attached hydrogen (secondary N) is 1. The summed E-state index contributed by atoms with van der Waals surface area (Å²) in [7, 11) is 0. The summed E-state index contributed by atoms with van der Waals surface area (Å²) in [5, 5.41) is 7.60. The van der Waals surface area contributed by atoms with Crippen LogP contribution in [0.2, 0.25) is 0 Å². The fraction of sp³-hybridized carbons (Fsp3) is 0.526. The van der Waals surface area contributed by atoms with Crippen LogP contribution >= 0.6 is 11.3 Å². The first-order valence-corrected chi connectivity index (χ1v) is 10.2. The summed E-state index contributed by atoms with van der Waals surface area (Å²) in [6, 6.07) is 3.78. The summed E-state index contributed by atoms with van der Waals surface area (Å²) in [4.78, 5) is 27.8. The fourth-order valence-corrected chi connectivity index (χ4v) is 5.16. The minimum absolute atomic E-state index is 0.0775. The van der Waals surface area contributed by atoms with Crippen molar-refractivity contribution < 1.29 is 9.59 Å². The van der Waals surface area contributed by atoms with Crippen LogP contribution < -0.4 is 5.73 Å². The van der Waals surface area contributed by atoms with Crippen molar-refractivity contribution in [1.82, 2.24) is 15.1 Å². The Hall–Kier alpha value is -2.15. The van der Waals surface area contributed by atoms with Crippen molar-refractivity contribution in [1.29, 1.82) is 0 Å². The van der Waals surface area contributed by atoms with E-state index in [1.807, 2.05) is 11.0 Å². The number of aryl methyl sites for hydroxylation is 2. The number of rotatable bonds is 5. The lowest BCUT2D eigenvalue weighted by Gasteiger charge is -2.24. The Morgan fingerprint density at radius 2 is 2.12 bits per heavy atom. The second-order valence-electron chi connectivity index (χ2n) is 7.15. The lowest BCUT2D eigenvalue weighted by atomic mass is 9.94. The molecule has 3 N–H and O–H groups in total. The molecule has 2 aliphatic rings. The Morgan fingerprint density at radius 1 is 1.27 bits per heavy atom. The van der Waals surface area contributed by atoms with Crippen LogP contribution in [-0.2, 0) is 24.1 Å². The Kier molecular flexibility index (Phi) is 4.80. The summed E-state index contributed by atoms with van der Waals surface area (Å²) < 4.78 is 0. The SMILES string of the molecule is NC(=O)c1ccc(C2CCCN2C(=O)CCc2n[nH]c3c2CCCC3)s1. The number of likely N-dealkylation sites (tertiary alicyclic amines) is 1. The van der Waals surface area contributed by atoms with Crippen molar-refractivity contribution in [3.63, 3.8) is 0 Å². The van der Waals surface area contributed by atoms with Gasteiger partial charge in [-0.15, -0.1) is 11.3 Å². The number of hydrogen-bond acceptors (Lipinski definition) is 4. The number of nitrogens with zero attached hydrogens (tertiary/aromatic N) is 2. The van der Waals surface area contributed by atoms with Crippen LogP contribution in [0.4, 0.5) is 0 Å². The largest absolute Gasteiger partial charge is 0.365 e. The topological polar surface area (TPSA) is 92.1 Å². The van der Waals surface area contributed by atoms with Gasteiger partial charge in [0.15, 0.2) is 0 Å². The molecule has 1 aliphatic carbocycles. The molecule has 1 aliphatic heterocycles. The summed E-state index contributed by atoms with van der Waals surface area (Å²) in [6.07, 6.45) is 7.71. The number of amides is 2. The van der Waals surface area contributed by atoms with E-state index in [0.717, 1.165) is 42.8 Å². The van der Waals surface area contributed by atoms with Gasteiger partial charge in [-0.3, -0.25) is 14.7 Å². The van der Waals surface area contributed by atoms with Gasteiger partial charge in [-0.25, -0.2) is 0 Å². The van der Waals surface area contributed by atoms with Gasteiger partial charge in [-0.1, -0.05) is 0 Å². The molecule has 0 aromatic carbocycles. The van der Waals surface area contributed by atoms with Gasteiger partial charge in [-0.2, -0.15) is 5.10 Å². The first-order chi connectivity index (χ1) is 12.6. The van der Waals surface area contributed by atoms with Crippen molar-refractivity contribution in [3.8, 4) is 0 Å². The van der Waals surface area contributed by atoms with Crippen LogP contribution in [0.1, 0.15) is 69.6 Å². The smallest absolute Gasteiger partial charge is 0.258 e. The Balaban J connectivity index is 1.42. The number of aromatic amines is 1. The van der Waals surface area contributed by atoms with Gasteiger partial charge in [0.1, 0.15) is 0 Å². The summed E-state index contributed by atoms with van der Waals surface area (Å²) in [6.45, 7) is 0.784. The number of nitrogens with two attached hydrogens (primary N) is 1. The molecule has 7 heteroatoms. The number of H-pyrrole nitrogens is 1. The van der Waals surface area contributed by atoms with E-state index in [0.29, 0.717) is 17.7 Å². The monoisotopic (exact) mass is 372 g/mol. The number of primary amides is 1. The van der Waals surface area contributed by atoms with Crippen LogP contribution in [0, 0.1) is 0 Å². The molecule has 1 unspecified atom stereocenters. The molecule has 138 valence electrons. The highest BCUT2D eigenvalue weighted by Gasteiger charge is 2.31. The van der Waals surface area contributed by atoms with Crippen LogP contribution in [-0.4, -0.2) is 33.5 Å². The van der Waals surface area contributed by atoms with E-state index in [4.69, 9.17) is 5.73 Å². The zero-order valence-electron chi connectivity index (χ0n) is 14.8. The standard InChI is InChI=1S/C19H24N4O2S/c20-19(25)17-9-8-16(26-17)15-6-3-11-23(15)18(24)10-7-14-12-4-1-2-5-13(12)21-22-14/h8-9,15H,1-7,10-11H2,(H2,20,25)(H,21,22). The zero-order valence-corrected chi connectivity index (χ0v) is 15.6. The summed E-state index contributed by atoms with van der Waals surface area (Å²) in [5.74, 6) is -0.227. The predicted octanol–water partition coefficient (Wildman–Crippen LogP) is 2.75. The minimum atomic E-state index is -0.402. The molecule has 1 saturated heterocycles. The second-order valence-corrected chi connectivity index (χ2v) is 8.26. The van der Waals surface area contributed by atoms with Crippen molar-refractivity contribution >= 4 is 23.2 Å². The van der Waals surface area contributed by atoms with Gasteiger partial charge in [0.2, 0.25) is 5.91 Å². The molecule has 3 heterocycles. The Bertz CT molecular complexity index is 825. The molecule has 2 aromatic rings. The van der Waals surface area contributed by atoms with E-state index in [1.165, 1.54) is 35.4 Å². The molecular weight excluding hydrogens is 348 g/mol. The molecule has 2 aromatic heterocycles. The minimum Gasteiger partial charge on any atom is -0.365 e. The number of fused-ring (bicyclic) bond motifs is 1. The second kappa shape index (κ2) is 7.23. The molecule has 26 heavy (non-hydrogen) atoms. The highest BCUT2D eigenvalue weighted by atomic mass is 32.1. The number of thiophene rings is 1. The van der Waals surface area contributed by atoms with Crippen LogP contribution in [0.5, 0.6) is 0 Å². The van der Waals surface area contributed by atoms with E-state index in [1.54, 1.807) is 6.07 Å². The van der Waals surface area contributed by atoms with Gasteiger partial charge in [0.05, 0.1) is 16.6 Å². The van der Waals surface area contributed by atoms with E-state index < -0.39 is 5.91 Å².